The average Bonchev–Trinajstić information content (AvgIpc) is 2.80. The van der Waals surface area contributed by atoms with Gasteiger partial charge in [-0.2, -0.15) is 17.0 Å². The SMILES string of the molecule is COCC1CCCN(S(=O)(=O)N2CCCN(C(=O)C3CCC3)CC2)C1. The van der Waals surface area contributed by atoms with Gasteiger partial charge in [0.05, 0.1) is 6.61 Å². The van der Waals surface area contributed by atoms with Gasteiger partial charge in [0.2, 0.25) is 5.91 Å². The quantitative estimate of drug-likeness (QED) is 0.719. The lowest BCUT2D eigenvalue weighted by Crippen LogP contribution is -2.49. The lowest BCUT2D eigenvalue weighted by Gasteiger charge is -2.35. The van der Waals surface area contributed by atoms with Crippen LogP contribution >= 0.6 is 0 Å². The minimum absolute atomic E-state index is 0.181. The molecule has 1 saturated carbocycles. The van der Waals surface area contributed by atoms with Crippen LogP contribution in [0.1, 0.15) is 38.5 Å². The van der Waals surface area contributed by atoms with Gasteiger partial charge in [-0.05, 0) is 38.0 Å². The van der Waals surface area contributed by atoms with Crippen molar-refractivity contribution in [3.05, 3.63) is 0 Å². The van der Waals surface area contributed by atoms with Crippen molar-refractivity contribution < 1.29 is 17.9 Å². The molecular weight excluding hydrogens is 342 g/mol. The second kappa shape index (κ2) is 8.33. The zero-order valence-electron chi connectivity index (χ0n) is 15.2. The number of carbonyl (C=O) groups is 1. The Morgan fingerprint density at radius 2 is 1.72 bits per heavy atom. The van der Waals surface area contributed by atoms with Gasteiger partial charge in [-0.1, -0.05) is 6.42 Å². The molecule has 0 aromatic rings. The fraction of sp³-hybridized carbons (Fsp3) is 0.941. The number of nitrogens with zero attached hydrogens (tertiary/aromatic N) is 3. The van der Waals surface area contributed by atoms with E-state index in [1.165, 1.54) is 0 Å². The predicted molar refractivity (Wildman–Crippen MR) is 95.2 cm³/mol. The number of hydrogen-bond donors (Lipinski definition) is 0. The van der Waals surface area contributed by atoms with Gasteiger partial charge in [0.1, 0.15) is 0 Å². The molecule has 0 spiro atoms. The van der Waals surface area contributed by atoms with Crippen molar-refractivity contribution in [2.75, 3.05) is 53.0 Å². The number of carbonyl (C=O) groups excluding carboxylic acids is 1. The van der Waals surface area contributed by atoms with E-state index in [4.69, 9.17) is 4.74 Å². The summed E-state index contributed by atoms with van der Waals surface area (Å²) in [6.45, 7) is 3.84. The van der Waals surface area contributed by atoms with Gasteiger partial charge < -0.3 is 9.64 Å². The van der Waals surface area contributed by atoms with Crippen molar-refractivity contribution in [2.45, 2.75) is 38.5 Å². The Morgan fingerprint density at radius 1 is 0.960 bits per heavy atom. The van der Waals surface area contributed by atoms with Crippen LogP contribution in [0.5, 0.6) is 0 Å². The second-order valence-corrected chi connectivity index (χ2v) is 9.46. The van der Waals surface area contributed by atoms with E-state index in [1.54, 1.807) is 15.7 Å². The zero-order valence-corrected chi connectivity index (χ0v) is 16.0. The van der Waals surface area contributed by atoms with Gasteiger partial charge in [-0.15, -0.1) is 0 Å². The molecule has 3 fully saturated rings. The van der Waals surface area contributed by atoms with Gasteiger partial charge in [-0.3, -0.25) is 4.79 Å². The summed E-state index contributed by atoms with van der Waals surface area (Å²) in [7, 11) is -1.78. The molecule has 1 amide bonds. The molecule has 2 heterocycles. The van der Waals surface area contributed by atoms with E-state index in [1.807, 2.05) is 4.90 Å². The Bertz CT molecular complexity index is 562. The van der Waals surface area contributed by atoms with E-state index >= 15 is 0 Å². The van der Waals surface area contributed by atoms with E-state index in [2.05, 4.69) is 0 Å². The van der Waals surface area contributed by atoms with Crippen molar-refractivity contribution in [1.29, 1.82) is 0 Å². The summed E-state index contributed by atoms with van der Waals surface area (Å²) in [5.74, 6) is 0.681. The lowest BCUT2D eigenvalue weighted by atomic mass is 9.84. The molecule has 1 unspecified atom stereocenters. The van der Waals surface area contributed by atoms with Crippen LogP contribution < -0.4 is 0 Å². The molecule has 25 heavy (non-hydrogen) atoms. The highest BCUT2D eigenvalue weighted by molar-refractivity contribution is 7.86. The molecule has 3 rings (SSSR count). The van der Waals surface area contributed by atoms with Crippen molar-refractivity contribution >= 4 is 16.1 Å². The van der Waals surface area contributed by atoms with Crippen molar-refractivity contribution in [3.8, 4) is 0 Å². The van der Waals surface area contributed by atoms with E-state index in [-0.39, 0.29) is 17.7 Å². The molecule has 1 aliphatic carbocycles. The molecule has 3 aliphatic rings. The molecule has 7 nitrogen and oxygen atoms in total. The van der Waals surface area contributed by atoms with E-state index in [0.29, 0.717) is 52.3 Å². The maximum atomic E-state index is 13.0. The first-order chi connectivity index (χ1) is 12.0. The minimum Gasteiger partial charge on any atom is -0.384 e. The lowest BCUT2D eigenvalue weighted by molar-refractivity contribution is -0.138. The number of methoxy groups -OCH3 is 1. The molecule has 0 bridgehead atoms. The molecule has 0 N–H and O–H groups in total. The fourth-order valence-electron chi connectivity index (χ4n) is 4.03. The first-order valence-electron chi connectivity index (χ1n) is 9.55. The number of ether oxygens (including phenoxy) is 1. The molecule has 0 aromatic heterocycles. The Labute approximate surface area is 151 Å². The van der Waals surface area contributed by atoms with Crippen LogP contribution in [0.4, 0.5) is 0 Å². The van der Waals surface area contributed by atoms with Crippen molar-refractivity contribution in [1.82, 2.24) is 13.5 Å². The van der Waals surface area contributed by atoms with Crippen LogP contribution in [0, 0.1) is 11.8 Å². The first-order valence-corrected chi connectivity index (χ1v) is 10.9. The second-order valence-electron chi connectivity index (χ2n) is 7.54. The van der Waals surface area contributed by atoms with Crippen LogP contribution in [0.2, 0.25) is 0 Å². The Hall–Kier alpha value is -0.700. The maximum Gasteiger partial charge on any atom is 0.282 e. The molecule has 2 saturated heterocycles. The summed E-state index contributed by atoms with van der Waals surface area (Å²) < 4.78 is 34.5. The van der Waals surface area contributed by atoms with Gasteiger partial charge >= 0.3 is 0 Å². The van der Waals surface area contributed by atoms with Crippen molar-refractivity contribution in [3.63, 3.8) is 0 Å². The van der Waals surface area contributed by atoms with Gasteiger partial charge in [0.15, 0.2) is 0 Å². The summed E-state index contributed by atoms with van der Waals surface area (Å²) in [5.41, 5.74) is 0. The number of amides is 1. The van der Waals surface area contributed by atoms with Gasteiger partial charge in [-0.25, -0.2) is 0 Å². The predicted octanol–water partition coefficient (Wildman–Crippen LogP) is 0.924. The highest BCUT2D eigenvalue weighted by atomic mass is 32.2. The standard InChI is InChI=1S/C17H31N3O4S/c1-24-14-15-5-3-9-20(13-15)25(22,23)19-10-4-8-18(11-12-19)17(21)16-6-2-7-16/h15-16H,2-14H2,1H3. The molecule has 0 aromatic carbocycles. The average molecular weight is 374 g/mol. The Kier molecular flexibility index (Phi) is 6.35. The number of rotatable bonds is 5. The maximum absolute atomic E-state index is 13.0. The minimum atomic E-state index is -3.45. The van der Waals surface area contributed by atoms with Crippen LogP contribution in [-0.4, -0.2) is 80.8 Å². The zero-order chi connectivity index (χ0) is 17.9. The normalized spacial score (nSPS) is 27.7. The Morgan fingerprint density at radius 3 is 2.40 bits per heavy atom. The van der Waals surface area contributed by atoms with E-state index < -0.39 is 10.2 Å². The van der Waals surface area contributed by atoms with Gasteiger partial charge in [0, 0.05) is 52.3 Å². The van der Waals surface area contributed by atoms with Crippen LogP contribution in [0.3, 0.4) is 0 Å². The fourth-order valence-corrected chi connectivity index (χ4v) is 5.79. The third kappa shape index (κ3) is 4.35. The smallest absolute Gasteiger partial charge is 0.282 e. The first kappa shape index (κ1) is 19.1. The number of piperidine rings is 1. The monoisotopic (exact) mass is 373 g/mol. The highest BCUT2D eigenvalue weighted by Gasteiger charge is 2.36. The molecule has 144 valence electrons. The molecule has 8 heteroatoms. The Balaban J connectivity index is 1.59. The van der Waals surface area contributed by atoms with E-state index in [0.717, 1.165) is 32.1 Å². The molecular formula is C17H31N3O4S. The molecule has 0 radical (unpaired) electrons. The molecule has 1 atom stereocenters. The highest BCUT2D eigenvalue weighted by Crippen LogP contribution is 2.29. The van der Waals surface area contributed by atoms with Crippen molar-refractivity contribution in [2.24, 2.45) is 11.8 Å². The summed E-state index contributed by atoms with van der Waals surface area (Å²) >= 11 is 0. The van der Waals surface area contributed by atoms with Crippen LogP contribution in [0.25, 0.3) is 0 Å². The topological polar surface area (TPSA) is 70.2 Å². The van der Waals surface area contributed by atoms with Gasteiger partial charge in [0.25, 0.3) is 10.2 Å². The van der Waals surface area contributed by atoms with Crippen LogP contribution in [0.15, 0.2) is 0 Å². The third-order valence-corrected chi connectivity index (χ3v) is 7.76. The number of hydrogen-bond acceptors (Lipinski definition) is 4. The summed E-state index contributed by atoms with van der Waals surface area (Å²) in [6.07, 6.45) is 5.74. The van der Waals surface area contributed by atoms with E-state index in [9.17, 15) is 13.2 Å². The molecule has 2 aliphatic heterocycles. The summed E-state index contributed by atoms with van der Waals surface area (Å²) in [5, 5.41) is 0. The summed E-state index contributed by atoms with van der Waals surface area (Å²) in [6, 6.07) is 0. The third-order valence-electron chi connectivity index (χ3n) is 5.76. The largest absolute Gasteiger partial charge is 0.384 e. The van der Waals surface area contributed by atoms with Crippen LogP contribution in [-0.2, 0) is 19.7 Å². The summed E-state index contributed by atoms with van der Waals surface area (Å²) in [4.78, 5) is 14.3.